The summed E-state index contributed by atoms with van der Waals surface area (Å²) >= 11 is -1.23. The zero-order chi connectivity index (χ0) is 21.9. The molecular formula is C22H40FNO2SSi. The summed E-state index contributed by atoms with van der Waals surface area (Å²) in [4.78, 5) is 0. The lowest BCUT2D eigenvalue weighted by Crippen LogP contribution is -2.47. The quantitative estimate of drug-likeness (QED) is 0.354. The first-order chi connectivity index (χ1) is 12.7. The third-order valence-electron chi connectivity index (χ3n) is 5.64. The summed E-state index contributed by atoms with van der Waals surface area (Å²) in [5.41, 5.74) is 2.70. The predicted octanol–water partition coefficient (Wildman–Crippen LogP) is 6.63. The molecule has 1 unspecified atom stereocenters. The number of halogens is 1. The minimum absolute atomic E-state index is 0.234. The fourth-order valence-corrected chi connectivity index (χ4v) is 10.4. The van der Waals surface area contributed by atoms with Crippen molar-refractivity contribution in [3.63, 3.8) is 0 Å². The first-order valence-corrected chi connectivity index (χ1v) is 13.6. The van der Waals surface area contributed by atoms with Crippen LogP contribution < -0.4 is 4.72 Å². The van der Waals surface area contributed by atoms with E-state index in [0.717, 1.165) is 5.56 Å². The summed E-state index contributed by atoms with van der Waals surface area (Å²) < 4.78 is 36.7. The summed E-state index contributed by atoms with van der Waals surface area (Å²) in [5.74, 6) is -0.258. The van der Waals surface area contributed by atoms with Crippen LogP contribution >= 0.6 is 0 Å². The molecule has 0 aromatic heterocycles. The average Bonchev–Trinajstić information content (AvgIpc) is 2.54. The Morgan fingerprint density at radius 3 is 1.96 bits per heavy atom. The van der Waals surface area contributed by atoms with Gasteiger partial charge in [0.15, 0.2) is 0 Å². The molecule has 0 spiro atoms. The molecule has 2 atom stereocenters. The Bertz CT molecular complexity index is 610. The van der Waals surface area contributed by atoms with Crippen molar-refractivity contribution in [3.05, 3.63) is 35.1 Å². The van der Waals surface area contributed by atoms with Gasteiger partial charge in [-0.3, -0.25) is 0 Å². The van der Waals surface area contributed by atoms with E-state index in [1.165, 1.54) is 6.07 Å². The topological polar surface area (TPSA) is 44.3 Å². The van der Waals surface area contributed by atoms with E-state index in [-0.39, 0.29) is 23.2 Å². The molecule has 0 radical (unpaired) electrons. The van der Waals surface area contributed by atoms with Gasteiger partial charge in [-0.05, 0) is 55.9 Å². The zero-order valence-corrected chi connectivity index (χ0v) is 21.2. The average molecular weight is 430 g/mol. The summed E-state index contributed by atoms with van der Waals surface area (Å²) in [6, 6.07) is 4.87. The third kappa shape index (κ3) is 5.82. The van der Waals surface area contributed by atoms with Crippen LogP contribution in [0, 0.1) is 5.82 Å². The van der Waals surface area contributed by atoms with Crippen LogP contribution in [0.15, 0.2) is 18.2 Å². The van der Waals surface area contributed by atoms with Crippen molar-refractivity contribution in [1.29, 1.82) is 0 Å². The Hall–Kier alpha value is -0.403. The van der Waals surface area contributed by atoms with Gasteiger partial charge in [0.1, 0.15) is 10.6 Å². The molecule has 1 aromatic carbocycles. The predicted molar refractivity (Wildman–Crippen MR) is 122 cm³/mol. The Balaban J connectivity index is 3.18. The van der Waals surface area contributed by atoms with Gasteiger partial charge < -0.3 is 8.98 Å². The molecule has 162 valence electrons. The minimum atomic E-state index is -2.10. The second-order valence-corrected chi connectivity index (χ2v) is 17.1. The first kappa shape index (κ1) is 25.6. The van der Waals surface area contributed by atoms with E-state index in [4.69, 9.17) is 4.43 Å². The highest BCUT2D eigenvalue weighted by Crippen LogP contribution is 2.43. The Morgan fingerprint density at radius 1 is 1.04 bits per heavy atom. The molecule has 0 saturated carbocycles. The van der Waals surface area contributed by atoms with Gasteiger partial charge in [0, 0.05) is 16.9 Å². The summed E-state index contributed by atoms with van der Waals surface area (Å²) in [7, 11) is -2.10. The van der Waals surface area contributed by atoms with E-state index >= 15 is 0 Å². The second kappa shape index (κ2) is 10.1. The largest absolute Gasteiger partial charge is 0.598 e. The monoisotopic (exact) mass is 429 g/mol. The van der Waals surface area contributed by atoms with Crippen LogP contribution in [-0.2, 0) is 22.4 Å². The molecule has 0 aliphatic heterocycles. The number of hydrogen-bond donors (Lipinski definition) is 1. The van der Waals surface area contributed by atoms with Crippen LogP contribution in [0.3, 0.4) is 0 Å². The van der Waals surface area contributed by atoms with E-state index in [1.807, 2.05) is 33.8 Å². The van der Waals surface area contributed by atoms with Crippen molar-refractivity contribution in [1.82, 2.24) is 4.72 Å². The highest BCUT2D eigenvalue weighted by molar-refractivity contribution is 7.90. The van der Waals surface area contributed by atoms with E-state index in [2.05, 4.69) is 46.3 Å². The Morgan fingerprint density at radius 2 is 1.54 bits per heavy atom. The normalized spacial score (nSPS) is 15.5. The van der Waals surface area contributed by atoms with Gasteiger partial charge in [0.25, 0.3) is 0 Å². The van der Waals surface area contributed by atoms with Gasteiger partial charge in [-0.25, -0.2) is 4.39 Å². The molecule has 0 fully saturated rings. The summed E-state index contributed by atoms with van der Waals surface area (Å²) in [5, 5.41) is 0. The molecule has 0 bridgehead atoms. The molecule has 1 rings (SSSR count). The standard InChI is InChI=1S/C22H40FNO2SSi/c1-15(2)28(16(3)4,17(5)6)26-14-20-19(12-11-13-21(20)23)18(7)24-27(25)22(8,9)10/h11-13,15-18,24H,14H2,1-10H3/t18?,27-/m1/s1. The molecule has 0 aliphatic rings. The minimum Gasteiger partial charge on any atom is -0.598 e. The van der Waals surface area contributed by atoms with Crippen LogP contribution in [0.2, 0.25) is 16.6 Å². The van der Waals surface area contributed by atoms with Gasteiger partial charge in [0.05, 0.1) is 12.6 Å². The van der Waals surface area contributed by atoms with Crippen molar-refractivity contribution in [2.45, 2.75) is 103 Å². The fourth-order valence-electron chi connectivity index (χ4n) is 4.23. The number of hydrogen-bond acceptors (Lipinski definition) is 3. The van der Waals surface area contributed by atoms with Crippen molar-refractivity contribution >= 4 is 19.7 Å². The lowest BCUT2D eigenvalue weighted by Gasteiger charge is -2.42. The van der Waals surface area contributed by atoms with Crippen LogP contribution in [0.25, 0.3) is 0 Å². The lowest BCUT2D eigenvalue weighted by atomic mass is 10.0. The molecule has 0 aliphatic carbocycles. The fraction of sp³-hybridized carbons (Fsp3) is 0.727. The third-order valence-corrected chi connectivity index (χ3v) is 13.4. The van der Waals surface area contributed by atoms with E-state index in [1.54, 1.807) is 6.07 Å². The number of nitrogens with one attached hydrogen (secondary N) is 1. The van der Waals surface area contributed by atoms with Crippen LogP contribution in [-0.4, -0.2) is 17.6 Å². The van der Waals surface area contributed by atoms with Crippen molar-refractivity contribution in [3.8, 4) is 0 Å². The Kier molecular flexibility index (Phi) is 9.22. The van der Waals surface area contributed by atoms with Crippen LogP contribution in [0.4, 0.5) is 4.39 Å². The smallest absolute Gasteiger partial charge is 0.200 e. The SMILES string of the molecule is CC(N[S@+]([O-])C(C)(C)C)c1cccc(F)c1CO[Si](C(C)C)(C(C)C)C(C)C. The van der Waals surface area contributed by atoms with Gasteiger partial charge >= 0.3 is 0 Å². The van der Waals surface area contributed by atoms with Crippen LogP contribution in [0.1, 0.15) is 86.4 Å². The maximum absolute atomic E-state index is 14.8. The maximum Gasteiger partial charge on any atom is 0.200 e. The molecule has 1 aromatic rings. The second-order valence-electron chi connectivity index (χ2n) is 9.63. The van der Waals surface area contributed by atoms with Crippen LogP contribution in [0.5, 0.6) is 0 Å². The van der Waals surface area contributed by atoms with E-state index in [9.17, 15) is 8.94 Å². The van der Waals surface area contributed by atoms with E-state index in [0.29, 0.717) is 22.2 Å². The molecule has 3 nitrogen and oxygen atoms in total. The number of rotatable bonds is 9. The van der Waals surface area contributed by atoms with Gasteiger partial charge in [0.2, 0.25) is 8.32 Å². The van der Waals surface area contributed by atoms with Gasteiger partial charge in [-0.15, -0.1) is 4.72 Å². The summed E-state index contributed by atoms with van der Waals surface area (Å²) in [6.07, 6.45) is 0. The highest BCUT2D eigenvalue weighted by atomic mass is 32.2. The lowest BCUT2D eigenvalue weighted by molar-refractivity contribution is 0.259. The van der Waals surface area contributed by atoms with E-state index < -0.39 is 19.7 Å². The molecular weight excluding hydrogens is 389 g/mol. The van der Waals surface area contributed by atoms with Crippen molar-refractivity contribution in [2.24, 2.45) is 0 Å². The maximum atomic E-state index is 14.8. The molecule has 6 heteroatoms. The van der Waals surface area contributed by atoms with Gasteiger partial charge in [-0.2, -0.15) is 0 Å². The highest BCUT2D eigenvalue weighted by Gasteiger charge is 2.45. The van der Waals surface area contributed by atoms with Crippen molar-refractivity contribution < 1.29 is 13.4 Å². The van der Waals surface area contributed by atoms with Crippen molar-refractivity contribution in [2.75, 3.05) is 0 Å². The van der Waals surface area contributed by atoms with Gasteiger partial charge in [-0.1, -0.05) is 53.7 Å². The summed E-state index contributed by atoms with van der Waals surface area (Å²) in [6.45, 7) is 21.3. The molecule has 28 heavy (non-hydrogen) atoms. The number of benzene rings is 1. The molecule has 0 amide bonds. The zero-order valence-electron chi connectivity index (χ0n) is 19.4. The molecule has 0 heterocycles. The molecule has 1 N–H and O–H groups in total. The Labute approximate surface area is 176 Å². The first-order valence-electron chi connectivity index (χ1n) is 10.3. The molecule has 0 saturated heterocycles.